The molecule has 1 aromatic carbocycles. The van der Waals surface area contributed by atoms with E-state index in [1.54, 1.807) is 19.9 Å². The van der Waals surface area contributed by atoms with Gasteiger partial charge in [-0.25, -0.2) is 4.79 Å². The zero-order valence-electron chi connectivity index (χ0n) is 13.2. The number of esters is 2. The summed E-state index contributed by atoms with van der Waals surface area (Å²) in [4.78, 5) is 22.8. The number of carbonyl (C=O) groups is 2. The summed E-state index contributed by atoms with van der Waals surface area (Å²) in [6.07, 6.45) is 1.71. The molecule has 0 heterocycles. The molecule has 0 aromatic heterocycles. The first kappa shape index (κ1) is 17.0. The van der Waals surface area contributed by atoms with Crippen molar-refractivity contribution in [2.24, 2.45) is 0 Å². The Morgan fingerprint density at radius 3 is 2.52 bits per heavy atom. The van der Waals surface area contributed by atoms with E-state index in [4.69, 9.17) is 9.47 Å². The van der Waals surface area contributed by atoms with Crippen molar-refractivity contribution in [2.45, 2.75) is 40.5 Å². The van der Waals surface area contributed by atoms with Crippen LogP contribution in [0, 0.1) is 6.92 Å². The van der Waals surface area contributed by atoms with E-state index in [1.807, 2.05) is 32.0 Å². The molecule has 0 aliphatic rings. The first-order valence-corrected chi connectivity index (χ1v) is 6.94. The third kappa shape index (κ3) is 5.06. The van der Waals surface area contributed by atoms with Crippen LogP contribution in [-0.4, -0.2) is 18.5 Å². The van der Waals surface area contributed by atoms with Gasteiger partial charge in [-0.3, -0.25) is 4.79 Å². The van der Waals surface area contributed by atoms with Gasteiger partial charge >= 0.3 is 11.9 Å². The van der Waals surface area contributed by atoms with Crippen molar-refractivity contribution >= 4 is 11.9 Å². The Balaban J connectivity index is 2.99. The molecule has 1 aromatic rings. The van der Waals surface area contributed by atoms with Crippen LogP contribution in [0.15, 0.2) is 29.8 Å². The Morgan fingerprint density at radius 2 is 1.95 bits per heavy atom. The number of allylic oxidation sites excluding steroid dienone is 1. The van der Waals surface area contributed by atoms with Crippen molar-refractivity contribution in [2.75, 3.05) is 6.61 Å². The minimum atomic E-state index is -0.371. The minimum Gasteiger partial charge on any atom is -0.465 e. The van der Waals surface area contributed by atoms with E-state index in [2.05, 4.69) is 0 Å². The Labute approximate surface area is 125 Å². The van der Waals surface area contributed by atoms with Crippen molar-refractivity contribution in [3.63, 3.8) is 0 Å². The SMILES string of the molecule is C/C=C(\C)C(=O)Oc1cc(C)ccc1[C@@H](C)COC(C)=O. The summed E-state index contributed by atoms with van der Waals surface area (Å²) in [5.41, 5.74) is 2.40. The van der Waals surface area contributed by atoms with Crippen molar-refractivity contribution in [1.82, 2.24) is 0 Å². The van der Waals surface area contributed by atoms with Gasteiger partial charge in [0.25, 0.3) is 0 Å². The zero-order chi connectivity index (χ0) is 16.0. The molecule has 0 spiro atoms. The van der Waals surface area contributed by atoms with Crippen molar-refractivity contribution < 1.29 is 19.1 Å². The maximum absolute atomic E-state index is 11.9. The fourth-order valence-electron chi connectivity index (χ4n) is 1.77. The quantitative estimate of drug-likeness (QED) is 0.473. The lowest BCUT2D eigenvalue weighted by Gasteiger charge is -2.16. The molecule has 0 saturated heterocycles. The molecule has 0 aliphatic heterocycles. The molecule has 21 heavy (non-hydrogen) atoms. The van der Waals surface area contributed by atoms with Crippen LogP contribution in [0.25, 0.3) is 0 Å². The fraction of sp³-hybridized carbons (Fsp3) is 0.412. The van der Waals surface area contributed by atoms with E-state index >= 15 is 0 Å². The second kappa shape index (κ2) is 7.62. The number of aryl methyl sites for hydroxylation is 1. The van der Waals surface area contributed by atoms with Crippen molar-refractivity contribution in [3.8, 4) is 5.75 Å². The smallest absolute Gasteiger partial charge is 0.338 e. The van der Waals surface area contributed by atoms with Crippen LogP contribution in [0.1, 0.15) is 44.7 Å². The van der Waals surface area contributed by atoms with Crippen molar-refractivity contribution in [3.05, 3.63) is 41.0 Å². The highest BCUT2D eigenvalue weighted by molar-refractivity contribution is 5.89. The topological polar surface area (TPSA) is 52.6 Å². The zero-order valence-corrected chi connectivity index (χ0v) is 13.2. The number of hydrogen-bond donors (Lipinski definition) is 0. The summed E-state index contributed by atoms with van der Waals surface area (Å²) >= 11 is 0. The molecular formula is C17H22O4. The summed E-state index contributed by atoms with van der Waals surface area (Å²) in [6, 6.07) is 5.66. The largest absolute Gasteiger partial charge is 0.465 e. The average molecular weight is 290 g/mol. The van der Waals surface area contributed by atoms with Gasteiger partial charge in [0, 0.05) is 24.0 Å². The summed E-state index contributed by atoms with van der Waals surface area (Å²) in [5, 5.41) is 0. The first-order chi connectivity index (χ1) is 9.85. The molecule has 0 saturated carbocycles. The molecule has 114 valence electrons. The predicted octanol–water partition coefficient (Wildman–Crippen LogP) is 3.53. The Bertz CT molecular complexity index is 558. The van der Waals surface area contributed by atoms with Crippen LogP contribution in [-0.2, 0) is 14.3 Å². The van der Waals surface area contributed by atoms with Crippen LogP contribution in [0.5, 0.6) is 5.75 Å². The highest BCUT2D eigenvalue weighted by Crippen LogP contribution is 2.28. The lowest BCUT2D eigenvalue weighted by molar-refractivity contribution is -0.141. The van der Waals surface area contributed by atoms with Gasteiger partial charge in [-0.2, -0.15) is 0 Å². The standard InChI is InChI=1S/C17H22O4/c1-6-12(3)17(19)21-16-9-11(2)7-8-15(16)13(4)10-20-14(5)18/h6-9,13H,10H2,1-5H3/b12-6+/t13-/m0/s1. The van der Waals surface area contributed by atoms with Crippen LogP contribution in [0.3, 0.4) is 0 Å². The fourth-order valence-corrected chi connectivity index (χ4v) is 1.77. The number of benzene rings is 1. The van der Waals surface area contributed by atoms with Gasteiger partial charge in [0.15, 0.2) is 0 Å². The highest BCUT2D eigenvalue weighted by Gasteiger charge is 2.16. The summed E-state index contributed by atoms with van der Waals surface area (Å²) < 4.78 is 10.5. The molecule has 0 N–H and O–H groups in total. The number of hydrogen-bond acceptors (Lipinski definition) is 4. The Hall–Kier alpha value is -2.10. The van der Waals surface area contributed by atoms with Gasteiger partial charge in [-0.1, -0.05) is 25.1 Å². The Morgan fingerprint density at radius 1 is 1.29 bits per heavy atom. The lowest BCUT2D eigenvalue weighted by Crippen LogP contribution is -2.13. The number of ether oxygens (including phenoxy) is 2. The molecule has 1 atom stereocenters. The van der Waals surface area contributed by atoms with Gasteiger partial charge in [0.2, 0.25) is 0 Å². The minimum absolute atomic E-state index is 0.0526. The molecule has 0 aliphatic carbocycles. The molecule has 0 amide bonds. The van der Waals surface area contributed by atoms with Crippen LogP contribution in [0.4, 0.5) is 0 Å². The summed E-state index contributed by atoms with van der Waals surface area (Å²) in [7, 11) is 0. The molecule has 0 unspecified atom stereocenters. The maximum atomic E-state index is 11.9. The molecular weight excluding hydrogens is 268 g/mol. The molecule has 4 heteroatoms. The molecule has 4 nitrogen and oxygen atoms in total. The van der Waals surface area contributed by atoms with E-state index in [9.17, 15) is 9.59 Å². The monoisotopic (exact) mass is 290 g/mol. The molecule has 0 bridgehead atoms. The number of rotatable bonds is 5. The Kier molecular flexibility index (Phi) is 6.15. The highest BCUT2D eigenvalue weighted by atomic mass is 16.5. The lowest BCUT2D eigenvalue weighted by atomic mass is 9.99. The van der Waals surface area contributed by atoms with E-state index in [0.29, 0.717) is 11.3 Å². The average Bonchev–Trinajstić information content (AvgIpc) is 2.43. The van der Waals surface area contributed by atoms with Gasteiger partial charge in [-0.15, -0.1) is 0 Å². The molecule has 1 rings (SSSR count). The third-order valence-electron chi connectivity index (χ3n) is 3.19. The second-order valence-electron chi connectivity index (χ2n) is 5.11. The van der Waals surface area contributed by atoms with Gasteiger partial charge in [-0.05, 0) is 32.4 Å². The van der Waals surface area contributed by atoms with E-state index in [1.165, 1.54) is 6.92 Å². The van der Waals surface area contributed by atoms with E-state index in [0.717, 1.165) is 11.1 Å². The van der Waals surface area contributed by atoms with Crippen LogP contribution >= 0.6 is 0 Å². The van der Waals surface area contributed by atoms with Gasteiger partial charge in [0.1, 0.15) is 5.75 Å². The van der Waals surface area contributed by atoms with Gasteiger partial charge < -0.3 is 9.47 Å². The number of carbonyl (C=O) groups excluding carboxylic acids is 2. The van der Waals surface area contributed by atoms with Gasteiger partial charge in [0.05, 0.1) is 6.61 Å². The normalized spacial score (nSPS) is 12.7. The first-order valence-electron chi connectivity index (χ1n) is 6.94. The summed E-state index contributed by atoms with van der Waals surface area (Å²) in [5.74, 6) is -0.231. The third-order valence-corrected chi connectivity index (χ3v) is 3.19. The second-order valence-corrected chi connectivity index (χ2v) is 5.11. The summed E-state index contributed by atoms with van der Waals surface area (Å²) in [6.45, 7) is 8.98. The maximum Gasteiger partial charge on any atom is 0.338 e. The van der Waals surface area contributed by atoms with Crippen LogP contribution < -0.4 is 4.74 Å². The van der Waals surface area contributed by atoms with E-state index in [-0.39, 0.29) is 24.5 Å². The molecule has 0 fully saturated rings. The molecule has 0 radical (unpaired) electrons. The van der Waals surface area contributed by atoms with E-state index < -0.39 is 0 Å². The van der Waals surface area contributed by atoms with Crippen molar-refractivity contribution in [1.29, 1.82) is 0 Å². The van der Waals surface area contributed by atoms with Crippen LogP contribution in [0.2, 0.25) is 0 Å². The predicted molar refractivity (Wildman–Crippen MR) is 81.3 cm³/mol.